The van der Waals surface area contributed by atoms with Gasteiger partial charge < -0.3 is 9.15 Å². The van der Waals surface area contributed by atoms with E-state index in [9.17, 15) is 9.59 Å². The van der Waals surface area contributed by atoms with E-state index in [1.807, 2.05) is 60.7 Å². The van der Waals surface area contributed by atoms with Crippen LogP contribution in [0.5, 0.6) is 5.75 Å². The Labute approximate surface area is 178 Å². The molecule has 2 N–H and O–H groups in total. The molecule has 0 saturated carbocycles. The van der Waals surface area contributed by atoms with E-state index in [-0.39, 0.29) is 12.4 Å². The monoisotopic (exact) mass is 416 g/mol. The van der Waals surface area contributed by atoms with E-state index in [4.69, 9.17) is 9.15 Å². The van der Waals surface area contributed by atoms with E-state index in [1.165, 1.54) is 12.3 Å². The molecule has 0 bridgehead atoms. The molecule has 4 aromatic rings. The number of hydrogen-bond acceptors (Lipinski definition) is 5. The summed E-state index contributed by atoms with van der Waals surface area (Å²) in [6, 6.07) is 22.2. The Hall–Kier alpha value is -4.33. The zero-order valence-corrected chi connectivity index (χ0v) is 16.5. The molecule has 0 atom stereocenters. The van der Waals surface area contributed by atoms with Gasteiger partial charge in [0.1, 0.15) is 18.1 Å². The van der Waals surface area contributed by atoms with E-state index in [0.717, 1.165) is 5.56 Å². The van der Waals surface area contributed by atoms with Gasteiger partial charge in [-0.25, -0.2) is 0 Å². The van der Waals surface area contributed by atoms with Crippen LogP contribution in [0.2, 0.25) is 0 Å². The Balaban J connectivity index is 1.27. The number of furan rings is 1. The van der Waals surface area contributed by atoms with Crippen molar-refractivity contribution in [2.75, 3.05) is 0 Å². The SMILES string of the molecule is O=C(NNC(=O)c1ccc(COc2ccccc2)o1)c1cnn(Cc2ccccc2)c1. The van der Waals surface area contributed by atoms with E-state index in [2.05, 4.69) is 16.0 Å². The molecule has 8 nitrogen and oxygen atoms in total. The minimum Gasteiger partial charge on any atom is -0.486 e. The maximum absolute atomic E-state index is 12.3. The molecule has 2 heterocycles. The first kappa shape index (κ1) is 20.0. The average molecular weight is 416 g/mol. The zero-order chi connectivity index (χ0) is 21.5. The van der Waals surface area contributed by atoms with E-state index >= 15 is 0 Å². The van der Waals surface area contributed by atoms with Crippen molar-refractivity contribution in [1.29, 1.82) is 0 Å². The molecule has 2 aromatic heterocycles. The van der Waals surface area contributed by atoms with Crippen molar-refractivity contribution in [3.05, 3.63) is 108 Å². The fraction of sp³-hybridized carbons (Fsp3) is 0.0870. The second kappa shape index (κ2) is 9.45. The zero-order valence-electron chi connectivity index (χ0n) is 16.5. The highest BCUT2D eigenvalue weighted by Gasteiger charge is 2.14. The Kier molecular flexibility index (Phi) is 6.08. The highest BCUT2D eigenvalue weighted by atomic mass is 16.5. The molecule has 156 valence electrons. The summed E-state index contributed by atoms with van der Waals surface area (Å²) >= 11 is 0. The van der Waals surface area contributed by atoms with Gasteiger partial charge in [-0.2, -0.15) is 5.10 Å². The maximum Gasteiger partial charge on any atom is 0.305 e. The largest absolute Gasteiger partial charge is 0.486 e. The van der Waals surface area contributed by atoms with Gasteiger partial charge in [0.05, 0.1) is 18.3 Å². The quantitative estimate of drug-likeness (QED) is 0.451. The van der Waals surface area contributed by atoms with Crippen molar-refractivity contribution >= 4 is 11.8 Å². The van der Waals surface area contributed by atoms with Crippen LogP contribution >= 0.6 is 0 Å². The molecular formula is C23H20N4O4. The number of amides is 2. The van der Waals surface area contributed by atoms with Crippen LogP contribution in [0.15, 0.2) is 89.6 Å². The number of hydrogen-bond donors (Lipinski definition) is 2. The van der Waals surface area contributed by atoms with Gasteiger partial charge in [0.15, 0.2) is 5.76 Å². The number of nitrogens with one attached hydrogen (secondary N) is 2. The van der Waals surface area contributed by atoms with Crippen molar-refractivity contribution < 1.29 is 18.7 Å². The van der Waals surface area contributed by atoms with Gasteiger partial charge in [-0.15, -0.1) is 0 Å². The Morgan fingerprint density at radius 1 is 0.903 bits per heavy atom. The summed E-state index contributed by atoms with van der Waals surface area (Å²) in [6.07, 6.45) is 3.05. The second-order valence-corrected chi connectivity index (χ2v) is 6.69. The summed E-state index contributed by atoms with van der Waals surface area (Å²) in [7, 11) is 0. The topological polar surface area (TPSA) is 98.4 Å². The first-order chi connectivity index (χ1) is 15.2. The lowest BCUT2D eigenvalue weighted by Gasteiger charge is -2.05. The summed E-state index contributed by atoms with van der Waals surface area (Å²) in [4.78, 5) is 24.5. The number of para-hydroxylation sites is 1. The molecule has 8 heteroatoms. The van der Waals surface area contributed by atoms with Crippen LogP contribution in [0.25, 0.3) is 0 Å². The molecule has 0 spiro atoms. The molecule has 0 aliphatic carbocycles. The standard InChI is InChI=1S/C23H20N4O4/c28-22(18-13-24-27(15-18)14-17-7-3-1-4-8-17)25-26-23(29)21-12-11-20(31-21)16-30-19-9-5-2-6-10-19/h1-13,15H,14,16H2,(H,25,28)(H,26,29). The summed E-state index contributed by atoms with van der Waals surface area (Å²) in [5.41, 5.74) is 6.08. The van der Waals surface area contributed by atoms with Gasteiger partial charge in [-0.3, -0.25) is 25.1 Å². The fourth-order valence-corrected chi connectivity index (χ4v) is 2.83. The first-order valence-corrected chi connectivity index (χ1v) is 9.61. The van der Waals surface area contributed by atoms with Crippen molar-refractivity contribution in [2.45, 2.75) is 13.2 Å². The number of carbonyl (C=O) groups is 2. The number of rotatable bonds is 7. The first-order valence-electron chi connectivity index (χ1n) is 9.61. The molecule has 4 rings (SSSR count). The number of carbonyl (C=O) groups excluding carboxylic acids is 2. The van der Waals surface area contributed by atoms with E-state index in [0.29, 0.717) is 23.6 Å². The van der Waals surface area contributed by atoms with Crippen molar-refractivity contribution in [3.63, 3.8) is 0 Å². The lowest BCUT2D eigenvalue weighted by Crippen LogP contribution is -2.41. The van der Waals surface area contributed by atoms with Crippen molar-refractivity contribution in [2.24, 2.45) is 0 Å². The molecule has 0 aliphatic heterocycles. The maximum atomic E-state index is 12.3. The van der Waals surface area contributed by atoms with Crippen molar-refractivity contribution in [1.82, 2.24) is 20.6 Å². The molecule has 2 amide bonds. The van der Waals surface area contributed by atoms with Gasteiger partial charge in [0, 0.05) is 6.20 Å². The third-order valence-corrected chi connectivity index (χ3v) is 4.38. The number of ether oxygens (including phenoxy) is 1. The molecule has 0 saturated heterocycles. The van der Waals surface area contributed by atoms with Gasteiger partial charge in [0.2, 0.25) is 0 Å². The molecule has 2 aromatic carbocycles. The third kappa shape index (κ3) is 5.39. The van der Waals surface area contributed by atoms with Crippen LogP contribution in [0.3, 0.4) is 0 Å². The Morgan fingerprint density at radius 3 is 2.39 bits per heavy atom. The smallest absolute Gasteiger partial charge is 0.305 e. The molecule has 31 heavy (non-hydrogen) atoms. The van der Waals surface area contributed by atoms with Gasteiger partial charge >= 0.3 is 5.91 Å². The van der Waals surface area contributed by atoms with Crippen LogP contribution in [-0.2, 0) is 13.2 Å². The number of nitrogens with zero attached hydrogens (tertiary/aromatic N) is 2. The highest BCUT2D eigenvalue weighted by Crippen LogP contribution is 2.14. The summed E-state index contributed by atoms with van der Waals surface area (Å²) in [5.74, 6) is 0.196. The number of aromatic nitrogens is 2. The minimum absolute atomic E-state index is 0.0618. The third-order valence-electron chi connectivity index (χ3n) is 4.38. The van der Waals surface area contributed by atoms with Crippen LogP contribution in [-0.4, -0.2) is 21.6 Å². The van der Waals surface area contributed by atoms with Crippen molar-refractivity contribution in [3.8, 4) is 5.75 Å². The predicted octanol–water partition coefficient (Wildman–Crippen LogP) is 3.18. The fourth-order valence-electron chi connectivity index (χ4n) is 2.83. The summed E-state index contributed by atoms with van der Waals surface area (Å²) in [6.45, 7) is 0.727. The summed E-state index contributed by atoms with van der Waals surface area (Å²) < 4.78 is 12.7. The van der Waals surface area contributed by atoms with Crippen LogP contribution in [0.4, 0.5) is 0 Å². The van der Waals surface area contributed by atoms with Crippen LogP contribution in [0, 0.1) is 0 Å². The van der Waals surface area contributed by atoms with E-state index in [1.54, 1.807) is 16.9 Å². The van der Waals surface area contributed by atoms with Gasteiger partial charge in [-0.1, -0.05) is 48.5 Å². The van der Waals surface area contributed by atoms with Crippen LogP contribution in [0.1, 0.15) is 32.2 Å². The molecule has 0 aliphatic rings. The predicted molar refractivity (Wildman–Crippen MR) is 112 cm³/mol. The molecule has 0 fully saturated rings. The Morgan fingerprint density at radius 2 is 1.61 bits per heavy atom. The Bertz CT molecular complexity index is 1150. The lowest BCUT2D eigenvalue weighted by atomic mass is 10.2. The minimum atomic E-state index is -0.573. The molecule has 0 unspecified atom stereocenters. The van der Waals surface area contributed by atoms with Gasteiger partial charge in [0.25, 0.3) is 5.91 Å². The van der Waals surface area contributed by atoms with E-state index < -0.39 is 11.8 Å². The van der Waals surface area contributed by atoms with Crippen LogP contribution < -0.4 is 15.6 Å². The summed E-state index contributed by atoms with van der Waals surface area (Å²) in [5, 5.41) is 4.18. The molecular weight excluding hydrogens is 396 g/mol. The number of benzene rings is 2. The lowest BCUT2D eigenvalue weighted by molar-refractivity contribution is 0.0828. The number of hydrazine groups is 1. The molecule has 0 radical (unpaired) electrons. The average Bonchev–Trinajstić information content (AvgIpc) is 3.47. The second-order valence-electron chi connectivity index (χ2n) is 6.69. The highest BCUT2D eigenvalue weighted by molar-refractivity contribution is 5.97. The normalized spacial score (nSPS) is 10.5. The van der Waals surface area contributed by atoms with Gasteiger partial charge in [-0.05, 0) is 29.8 Å².